The number of carboxylic acids is 1. The first-order valence-electron chi connectivity index (χ1n) is 8.32. The molecular weight excluding hydrogens is 296 g/mol. The molecule has 1 aliphatic carbocycles. The summed E-state index contributed by atoms with van der Waals surface area (Å²) in [6, 6.07) is 0. The number of amides is 1. The second kappa shape index (κ2) is 7.12. The number of carboxylic acid groups (broad SMARTS) is 1. The summed E-state index contributed by atoms with van der Waals surface area (Å²) in [6.07, 6.45) is 7.34. The maximum absolute atomic E-state index is 12.3. The van der Waals surface area contributed by atoms with E-state index in [4.69, 9.17) is 0 Å². The van der Waals surface area contributed by atoms with Gasteiger partial charge in [-0.05, 0) is 30.7 Å². The molecule has 1 saturated carbocycles. The van der Waals surface area contributed by atoms with Crippen LogP contribution in [0.1, 0.15) is 24.8 Å². The van der Waals surface area contributed by atoms with E-state index in [1.54, 1.807) is 11.1 Å². The zero-order chi connectivity index (χ0) is 16.2. The Labute approximate surface area is 135 Å². The van der Waals surface area contributed by atoms with Gasteiger partial charge < -0.3 is 14.9 Å². The number of aromatic amines is 1. The minimum Gasteiger partial charge on any atom is -0.481 e. The van der Waals surface area contributed by atoms with Crippen molar-refractivity contribution in [1.29, 1.82) is 0 Å². The molecule has 1 amide bonds. The first-order chi connectivity index (χ1) is 11.1. The van der Waals surface area contributed by atoms with Crippen LogP contribution in [-0.4, -0.2) is 69.7 Å². The summed E-state index contributed by atoms with van der Waals surface area (Å²) in [5.41, 5.74) is 1.11. The number of aliphatic carboxylic acids is 1. The van der Waals surface area contributed by atoms with E-state index in [0.29, 0.717) is 32.0 Å². The average molecular weight is 320 g/mol. The monoisotopic (exact) mass is 320 g/mol. The summed E-state index contributed by atoms with van der Waals surface area (Å²) in [4.78, 5) is 27.7. The Balaban J connectivity index is 1.57. The SMILES string of the molecule is O=C(O)C1CN(CCc2cn[nH]c2)CCN(C(=O)CC2CC2)C1. The van der Waals surface area contributed by atoms with E-state index in [1.165, 1.54) is 0 Å². The number of nitrogens with one attached hydrogen (secondary N) is 1. The van der Waals surface area contributed by atoms with E-state index in [0.717, 1.165) is 37.9 Å². The van der Waals surface area contributed by atoms with Gasteiger partial charge in [-0.3, -0.25) is 14.7 Å². The molecule has 1 saturated heterocycles. The fraction of sp³-hybridized carbons (Fsp3) is 0.688. The molecule has 2 heterocycles. The molecule has 7 nitrogen and oxygen atoms in total. The van der Waals surface area contributed by atoms with Crippen LogP contribution in [0.2, 0.25) is 0 Å². The van der Waals surface area contributed by atoms with Crippen LogP contribution in [0.15, 0.2) is 12.4 Å². The standard InChI is InChI=1S/C16H24N4O3/c21-15(7-12-1-2-12)20-6-5-19(10-14(11-20)16(22)23)4-3-13-8-17-18-9-13/h8-9,12,14H,1-7,10-11H2,(H,17,18)(H,22,23). The Hall–Kier alpha value is -1.89. The minimum absolute atomic E-state index is 0.121. The third kappa shape index (κ3) is 4.54. The minimum atomic E-state index is -0.815. The van der Waals surface area contributed by atoms with E-state index in [2.05, 4.69) is 15.1 Å². The van der Waals surface area contributed by atoms with Crippen molar-refractivity contribution in [3.8, 4) is 0 Å². The highest BCUT2D eigenvalue weighted by Crippen LogP contribution is 2.33. The van der Waals surface area contributed by atoms with Gasteiger partial charge >= 0.3 is 5.97 Å². The van der Waals surface area contributed by atoms with Gasteiger partial charge in [0.05, 0.1) is 12.1 Å². The highest BCUT2D eigenvalue weighted by atomic mass is 16.4. The Morgan fingerprint density at radius 1 is 1.30 bits per heavy atom. The molecular formula is C16H24N4O3. The van der Waals surface area contributed by atoms with Crippen molar-refractivity contribution in [1.82, 2.24) is 20.0 Å². The molecule has 7 heteroatoms. The summed E-state index contributed by atoms with van der Waals surface area (Å²) in [5, 5.41) is 16.2. The first-order valence-corrected chi connectivity index (χ1v) is 8.32. The lowest BCUT2D eigenvalue weighted by molar-refractivity contribution is -0.143. The van der Waals surface area contributed by atoms with E-state index >= 15 is 0 Å². The molecule has 126 valence electrons. The number of rotatable bonds is 6. The maximum atomic E-state index is 12.3. The molecule has 2 fully saturated rings. The van der Waals surface area contributed by atoms with Crippen LogP contribution in [0.3, 0.4) is 0 Å². The molecule has 0 radical (unpaired) electrons. The number of hydrogen-bond acceptors (Lipinski definition) is 4. The van der Waals surface area contributed by atoms with Crippen molar-refractivity contribution in [3.05, 3.63) is 18.0 Å². The molecule has 1 unspecified atom stereocenters. The van der Waals surface area contributed by atoms with Gasteiger partial charge in [0.1, 0.15) is 0 Å². The fourth-order valence-corrected chi connectivity index (χ4v) is 3.07. The van der Waals surface area contributed by atoms with Crippen molar-refractivity contribution >= 4 is 11.9 Å². The zero-order valence-electron chi connectivity index (χ0n) is 13.3. The number of hydrogen-bond donors (Lipinski definition) is 2. The summed E-state index contributed by atoms with van der Waals surface area (Å²) in [7, 11) is 0. The van der Waals surface area contributed by atoms with Gasteiger partial charge in [0.2, 0.25) is 5.91 Å². The van der Waals surface area contributed by atoms with Gasteiger partial charge in [-0.2, -0.15) is 5.10 Å². The predicted octanol–water partition coefficient (Wildman–Crippen LogP) is 0.597. The van der Waals surface area contributed by atoms with Crippen LogP contribution < -0.4 is 0 Å². The highest BCUT2D eigenvalue weighted by molar-refractivity contribution is 5.78. The topological polar surface area (TPSA) is 89.5 Å². The number of nitrogens with zero attached hydrogens (tertiary/aromatic N) is 3. The Morgan fingerprint density at radius 3 is 2.78 bits per heavy atom. The third-order valence-electron chi connectivity index (χ3n) is 4.74. The Kier molecular flexibility index (Phi) is 4.95. The molecule has 1 aromatic rings. The van der Waals surface area contributed by atoms with Gasteiger partial charge in [0, 0.05) is 45.3 Å². The maximum Gasteiger partial charge on any atom is 0.309 e. The van der Waals surface area contributed by atoms with E-state index in [9.17, 15) is 14.7 Å². The molecule has 2 aliphatic rings. The largest absolute Gasteiger partial charge is 0.481 e. The number of aromatic nitrogens is 2. The van der Waals surface area contributed by atoms with Crippen molar-refractivity contribution in [2.75, 3.05) is 32.7 Å². The van der Waals surface area contributed by atoms with E-state index in [1.807, 2.05) is 6.20 Å². The van der Waals surface area contributed by atoms with Crippen LogP contribution >= 0.6 is 0 Å². The lowest BCUT2D eigenvalue weighted by Crippen LogP contribution is -2.38. The first kappa shape index (κ1) is 16.0. The van der Waals surface area contributed by atoms with Crippen molar-refractivity contribution < 1.29 is 14.7 Å². The molecule has 1 aliphatic heterocycles. The van der Waals surface area contributed by atoms with Crippen molar-refractivity contribution in [3.63, 3.8) is 0 Å². The number of carbonyl (C=O) groups excluding carboxylic acids is 1. The van der Waals surface area contributed by atoms with Crippen LogP contribution in [0.25, 0.3) is 0 Å². The predicted molar refractivity (Wildman–Crippen MR) is 83.8 cm³/mol. The summed E-state index contributed by atoms with van der Waals surface area (Å²) >= 11 is 0. The lowest BCUT2D eigenvalue weighted by atomic mass is 10.1. The van der Waals surface area contributed by atoms with Crippen molar-refractivity contribution in [2.24, 2.45) is 11.8 Å². The Morgan fingerprint density at radius 2 is 2.13 bits per heavy atom. The van der Waals surface area contributed by atoms with Crippen LogP contribution in [0.4, 0.5) is 0 Å². The molecule has 1 atom stereocenters. The fourth-order valence-electron chi connectivity index (χ4n) is 3.07. The normalized spacial score (nSPS) is 22.8. The smallest absolute Gasteiger partial charge is 0.309 e. The van der Waals surface area contributed by atoms with Crippen LogP contribution in [0.5, 0.6) is 0 Å². The quantitative estimate of drug-likeness (QED) is 0.801. The second-order valence-corrected chi connectivity index (χ2v) is 6.68. The molecule has 0 spiro atoms. The Bertz CT molecular complexity index is 542. The van der Waals surface area contributed by atoms with Crippen LogP contribution in [-0.2, 0) is 16.0 Å². The lowest BCUT2D eigenvalue weighted by Gasteiger charge is -2.22. The van der Waals surface area contributed by atoms with E-state index < -0.39 is 11.9 Å². The van der Waals surface area contributed by atoms with Crippen molar-refractivity contribution in [2.45, 2.75) is 25.7 Å². The zero-order valence-corrected chi connectivity index (χ0v) is 13.3. The van der Waals surface area contributed by atoms with Gasteiger partial charge in [-0.25, -0.2) is 0 Å². The molecule has 1 aromatic heterocycles. The molecule has 0 bridgehead atoms. The molecule has 2 N–H and O–H groups in total. The summed E-state index contributed by atoms with van der Waals surface area (Å²) < 4.78 is 0. The number of H-pyrrole nitrogens is 1. The van der Waals surface area contributed by atoms with Gasteiger partial charge in [-0.1, -0.05) is 0 Å². The molecule has 23 heavy (non-hydrogen) atoms. The van der Waals surface area contributed by atoms with Gasteiger partial charge in [0.25, 0.3) is 0 Å². The van der Waals surface area contributed by atoms with Gasteiger partial charge in [-0.15, -0.1) is 0 Å². The molecule has 0 aromatic carbocycles. The summed E-state index contributed by atoms with van der Waals surface area (Å²) in [6.45, 7) is 2.98. The second-order valence-electron chi connectivity index (χ2n) is 6.68. The highest BCUT2D eigenvalue weighted by Gasteiger charge is 2.32. The average Bonchev–Trinajstić information content (AvgIpc) is 3.23. The number of carbonyl (C=O) groups is 2. The van der Waals surface area contributed by atoms with Gasteiger partial charge in [0.15, 0.2) is 0 Å². The summed E-state index contributed by atoms with van der Waals surface area (Å²) in [5.74, 6) is -0.670. The van der Waals surface area contributed by atoms with E-state index in [-0.39, 0.29) is 5.91 Å². The third-order valence-corrected chi connectivity index (χ3v) is 4.74. The molecule has 3 rings (SSSR count). The van der Waals surface area contributed by atoms with Crippen LogP contribution in [0, 0.1) is 11.8 Å².